The maximum atomic E-state index is 13.8. The van der Waals surface area contributed by atoms with Crippen LogP contribution in [0, 0.1) is 6.92 Å². The highest BCUT2D eigenvalue weighted by atomic mass is 32.1. The van der Waals surface area contributed by atoms with Crippen molar-refractivity contribution in [3.8, 4) is 11.4 Å². The Morgan fingerprint density at radius 2 is 1.76 bits per heavy atom. The molecule has 33 heavy (non-hydrogen) atoms. The smallest absolute Gasteiger partial charge is 0.263 e. The molecule has 0 N–H and O–H groups in total. The Kier molecular flexibility index (Phi) is 5.62. The van der Waals surface area contributed by atoms with Crippen molar-refractivity contribution in [2.75, 3.05) is 12.0 Å². The van der Waals surface area contributed by atoms with Crippen LogP contribution in [0.4, 0.5) is 5.13 Å². The number of methoxy groups -OCH3 is 1. The lowest BCUT2D eigenvalue weighted by atomic mass is 10.2. The molecule has 2 aromatic heterocycles. The Labute approximate surface area is 195 Å². The highest BCUT2D eigenvalue weighted by Crippen LogP contribution is 2.33. The Morgan fingerprint density at radius 1 is 1.03 bits per heavy atom. The van der Waals surface area contributed by atoms with E-state index in [1.165, 1.54) is 11.3 Å². The van der Waals surface area contributed by atoms with Gasteiger partial charge in [0.05, 0.1) is 47.0 Å². The van der Waals surface area contributed by atoms with Crippen LogP contribution in [0.3, 0.4) is 0 Å². The van der Waals surface area contributed by atoms with E-state index in [-0.39, 0.29) is 5.91 Å². The normalized spacial score (nSPS) is 11.0. The van der Waals surface area contributed by atoms with Gasteiger partial charge in [-0.05, 0) is 36.8 Å². The van der Waals surface area contributed by atoms with Gasteiger partial charge in [0.25, 0.3) is 5.91 Å². The van der Waals surface area contributed by atoms with E-state index < -0.39 is 0 Å². The summed E-state index contributed by atoms with van der Waals surface area (Å²) in [5.41, 5.74) is 4.07. The quantitative estimate of drug-likeness (QED) is 0.333. The predicted octanol–water partition coefficient (Wildman–Crippen LogP) is 5.65. The molecule has 2 heterocycles. The first-order chi connectivity index (χ1) is 16.1. The summed E-state index contributed by atoms with van der Waals surface area (Å²) < 4.78 is 8.12. The average Bonchev–Trinajstić information content (AvgIpc) is 3.46. The molecule has 0 radical (unpaired) electrons. The number of hydrogen-bond donors (Lipinski definition) is 0. The summed E-state index contributed by atoms with van der Waals surface area (Å²) in [6.45, 7) is 2.32. The highest BCUT2D eigenvalue weighted by molar-refractivity contribution is 7.22. The number of hydrogen-bond acceptors (Lipinski definition) is 5. The van der Waals surface area contributed by atoms with Crippen molar-refractivity contribution in [2.45, 2.75) is 13.5 Å². The largest absolute Gasteiger partial charge is 0.497 e. The van der Waals surface area contributed by atoms with Crippen molar-refractivity contribution in [3.05, 3.63) is 102 Å². The van der Waals surface area contributed by atoms with Crippen molar-refractivity contribution >= 4 is 32.6 Å². The molecule has 0 saturated heterocycles. The minimum absolute atomic E-state index is 0.135. The summed E-state index contributed by atoms with van der Waals surface area (Å²) in [5.74, 6) is 0.602. The second kappa shape index (κ2) is 8.88. The average molecular weight is 455 g/mol. The highest BCUT2D eigenvalue weighted by Gasteiger charge is 2.25. The van der Waals surface area contributed by atoms with Crippen LogP contribution < -0.4 is 9.64 Å². The third-order valence-electron chi connectivity index (χ3n) is 5.48. The molecule has 0 bridgehead atoms. The van der Waals surface area contributed by atoms with Crippen LogP contribution in [0.2, 0.25) is 0 Å². The molecule has 7 heteroatoms. The molecule has 0 aliphatic rings. The van der Waals surface area contributed by atoms with E-state index in [0.717, 1.165) is 32.9 Å². The van der Waals surface area contributed by atoms with Gasteiger partial charge in [0, 0.05) is 6.07 Å². The number of rotatable bonds is 6. The number of carbonyl (C=O) groups excluding carboxylic acids is 1. The van der Waals surface area contributed by atoms with Gasteiger partial charge in [-0.1, -0.05) is 59.9 Å². The van der Waals surface area contributed by atoms with E-state index in [1.54, 1.807) is 22.9 Å². The van der Waals surface area contributed by atoms with Crippen molar-refractivity contribution in [3.63, 3.8) is 0 Å². The van der Waals surface area contributed by atoms with Gasteiger partial charge in [0.2, 0.25) is 0 Å². The number of ether oxygens (including phenoxy) is 1. The van der Waals surface area contributed by atoms with E-state index in [4.69, 9.17) is 9.72 Å². The van der Waals surface area contributed by atoms with E-state index in [2.05, 4.69) is 5.10 Å². The van der Waals surface area contributed by atoms with Gasteiger partial charge in [-0.15, -0.1) is 0 Å². The fraction of sp³-hybridized carbons (Fsp3) is 0.115. The summed E-state index contributed by atoms with van der Waals surface area (Å²) in [6.07, 6.45) is 1.64. The minimum Gasteiger partial charge on any atom is -0.497 e. The summed E-state index contributed by atoms with van der Waals surface area (Å²) in [7, 11) is 1.63. The summed E-state index contributed by atoms with van der Waals surface area (Å²) in [4.78, 5) is 20.3. The van der Waals surface area contributed by atoms with Gasteiger partial charge in [-0.2, -0.15) is 5.10 Å². The topological polar surface area (TPSA) is 60.2 Å². The standard InChI is InChI=1S/C26H22N4O2S/c1-18-22(16-27-30(18)20-11-7-4-8-12-20)25(31)29(17-19-9-5-3-6-10-19)26-28-23-15-21(32-2)13-14-24(23)33-26/h3-16H,17H2,1-2H3. The first kappa shape index (κ1) is 20.9. The molecular formula is C26H22N4O2S. The second-order valence-electron chi connectivity index (χ2n) is 7.60. The van der Waals surface area contributed by atoms with Crippen molar-refractivity contribution in [1.29, 1.82) is 0 Å². The van der Waals surface area contributed by atoms with Crippen LogP contribution in [0.25, 0.3) is 15.9 Å². The Hall–Kier alpha value is -3.97. The third kappa shape index (κ3) is 4.10. The lowest BCUT2D eigenvalue weighted by Crippen LogP contribution is -2.30. The number of amides is 1. The summed E-state index contributed by atoms with van der Waals surface area (Å²) in [6, 6.07) is 25.5. The molecular weight excluding hydrogens is 432 g/mol. The molecule has 5 aromatic rings. The van der Waals surface area contributed by atoms with E-state index >= 15 is 0 Å². The number of carbonyl (C=O) groups is 1. The molecule has 0 aliphatic heterocycles. The van der Waals surface area contributed by atoms with Gasteiger partial charge < -0.3 is 4.74 Å². The molecule has 3 aromatic carbocycles. The predicted molar refractivity (Wildman–Crippen MR) is 131 cm³/mol. The monoisotopic (exact) mass is 454 g/mol. The molecule has 1 amide bonds. The SMILES string of the molecule is COc1ccc2sc(N(Cc3ccccc3)C(=O)c3cnn(-c4ccccc4)c3C)nc2c1. The molecule has 0 unspecified atom stereocenters. The second-order valence-corrected chi connectivity index (χ2v) is 8.61. The number of thiazole rings is 1. The maximum absolute atomic E-state index is 13.8. The van der Waals surface area contributed by atoms with Gasteiger partial charge in [0.15, 0.2) is 5.13 Å². The molecule has 0 spiro atoms. The van der Waals surface area contributed by atoms with E-state index in [9.17, 15) is 4.79 Å². The summed E-state index contributed by atoms with van der Waals surface area (Å²) in [5, 5.41) is 5.13. The Balaban J connectivity index is 1.56. The van der Waals surface area contributed by atoms with Crippen molar-refractivity contribution in [1.82, 2.24) is 14.8 Å². The van der Waals surface area contributed by atoms with Crippen LogP contribution in [0.5, 0.6) is 5.75 Å². The number of nitrogens with zero attached hydrogens (tertiary/aromatic N) is 4. The molecule has 164 valence electrons. The van der Waals surface area contributed by atoms with Gasteiger partial charge in [-0.3, -0.25) is 9.69 Å². The van der Waals surface area contributed by atoms with Crippen LogP contribution in [-0.4, -0.2) is 27.8 Å². The maximum Gasteiger partial charge on any atom is 0.263 e. The fourth-order valence-corrected chi connectivity index (χ4v) is 4.67. The molecule has 5 rings (SSSR count). The van der Waals surface area contributed by atoms with E-state index in [0.29, 0.717) is 17.2 Å². The number of aromatic nitrogens is 3. The van der Waals surface area contributed by atoms with Gasteiger partial charge in [-0.25, -0.2) is 9.67 Å². The minimum atomic E-state index is -0.135. The lowest BCUT2D eigenvalue weighted by Gasteiger charge is -2.20. The zero-order chi connectivity index (χ0) is 22.8. The molecule has 0 fully saturated rings. The molecule has 6 nitrogen and oxygen atoms in total. The zero-order valence-electron chi connectivity index (χ0n) is 18.3. The summed E-state index contributed by atoms with van der Waals surface area (Å²) >= 11 is 1.49. The Morgan fingerprint density at radius 3 is 2.48 bits per heavy atom. The molecule has 0 aliphatic carbocycles. The first-order valence-electron chi connectivity index (χ1n) is 10.5. The number of benzene rings is 3. The Bertz CT molecular complexity index is 1410. The van der Waals surface area contributed by atoms with Crippen molar-refractivity contribution < 1.29 is 9.53 Å². The van der Waals surface area contributed by atoms with E-state index in [1.807, 2.05) is 85.8 Å². The first-order valence-corrected chi connectivity index (χ1v) is 11.4. The van der Waals surface area contributed by atoms with Crippen LogP contribution in [0.15, 0.2) is 85.1 Å². The third-order valence-corrected chi connectivity index (χ3v) is 6.54. The van der Waals surface area contributed by atoms with Gasteiger partial charge in [0.1, 0.15) is 5.75 Å². The zero-order valence-corrected chi connectivity index (χ0v) is 19.1. The number of fused-ring (bicyclic) bond motifs is 1. The van der Waals surface area contributed by atoms with Crippen LogP contribution >= 0.6 is 11.3 Å². The fourth-order valence-electron chi connectivity index (χ4n) is 3.72. The lowest BCUT2D eigenvalue weighted by molar-refractivity contribution is 0.0984. The molecule has 0 atom stereocenters. The van der Waals surface area contributed by atoms with Crippen LogP contribution in [0.1, 0.15) is 21.6 Å². The van der Waals surface area contributed by atoms with Crippen molar-refractivity contribution in [2.24, 2.45) is 0 Å². The molecule has 0 saturated carbocycles. The number of anilines is 1. The number of para-hydroxylation sites is 1. The van der Waals surface area contributed by atoms with Gasteiger partial charge >= 0.3 is 0 Å². The van der Waals surface area contributed by atoms with Crippen LogP contribution in [-0.2, 0) is 6.54 Å².